The third kappa shape index (κ3) is 3.52. The molecule has 1 aliphatic rings. The van der Waals surface area contributed by atoms with E-state index in [0.29, 0.717) is 6.04 Å². The van der Waals surface area contributed by atoms with Gasteiger partial charge < -0.3 is 0 Å². The van der Waals surface area contributed by atoms with Crippen LogP contribution in [0, 0.1) is 5.82 Å². The maximum atomic E-state index is 13.5. The number of hydrogen-bond acceptors (Lipinski definition) is 3. The fraction of sp³-hybridized carbons (Fsp3) is 0.538. The molecule has 6 heteroatoms. The maximum absolute atomic E-state index is 13.5. The Bertz CT molecular complexity index is 543. The van der Waals surface area contributed by atoms with E-state index in [2.05, 4.69) is 9.62 Å². The molecule has 19 heavy (non-hydrogen) atoms. The van der Waals surface area contributed by atoms with Gasteiger partial charge in [-0.3, -0.25) is 4.90 Å². The Balaban J connectivity index is 2.00. The summed E-state index contributed by atoms with van der Waals surface area (Å²) >= 11 is 0. The Morgan fingerprint density at radius 2 is 2.05 bits per heavy atom. The Morgan fingerprint density at radius 1 is 1.42 bits per heavy atom. The summed E-state index contributed by atoms with van der Waals surface area (Å²) in [6.07, 6.45) is 2.34. The zero-order valence-corrected chi connectivity index (χ0v) is 12.0. The normalized spacial score (nSPS) is 17.7. The van der Waals surface area contributed by atoms with Crippen LogP contribution in [-0.2, 0) is 10.0 Å². The molecule has 106 valence electrons. The van der Waals surface area contributed by atoms with Crippen LogP contribution in [-0.4, -0.2) is 39.0 Å². The van der Waals surface area contributed by atoms with Crippen molar-refractivity contribution in [3.8, 4) is 0 Å². The highest BCUT2D eigenvalue weighted by molar-refractivity contribution is 7.89. The number of rotatable bonds is 6. The number of nitrogens with one attached hydrogen (secondary N) is 1. The van der Waals surface area contributed by atoms with Gasteiger partial charge in [-0.05, 0) is 38.9 Å². The monoisotopic (exact) mass is 286 g/mol. The van der Waals surface area contributed by atoms with Crippen LogP contribution in [0.4, 0.5) is 4.39 Å². The highest BCUT2D eigenvalue weighted by atomic mass is 32.2. The lowest BCUT2D eigenvalue weighted by Gasteiger charge is -2.24. The molecule has 1 N–H and O–H groups in total. The van der Waals surface area contributed by atoms with E-state index >= 15 is 0 Å². The average molecular weight is 286 g/mol. The Labute approximate surface area is 113 Å². The van der Waals surface area contributed by atoms with Crippen molar-refractivity contribution in [2.24, 2.45) is 0 Å². The first-order valence-electron chi connectivity index (χ1n) is 6.38. The van der Waals surface area contributed by atoms with Gasteiger partial charge in [0.05, 0.1) is 0 Å². The smallest absolute Gasteiger partial charge is 0.243 e. The molecule has 1 saturated carbocycles. The summed E-state index contributed by atoms with van der Waals surface area (Å²) in [4.78, 5) is 1.86. The van der Waals surface area contributed by atoms with E-state index in [1.807, 2.05) is 14.0 Å². The number of hydrogen-bond donors (Lipinski definition) is 1. The molecule has 1 aliphatic carbocycles. The van der Waals surface area contributed by atoms with Crippen LogP contribution in [0.2, 0.25) is 0 Å². The number of halogens is 1. The van der Waals surface area contributed by atoms with E-state index in [-0.39, 0.29) is 17.5 Å². The number of nitrogens with zero attached hydrogens (tertiary/aromatic N) is 1. The van der Waals surface area contributed by atoms with Gasteiger partial charge in [-0.2, -0.15) is 0 Å². The Hall–Kier alpha value is -0.980. The van der Waals surface area contributed by atoms with Crippen LogP contribution < -0.4 is 4.72 Å². The van der Waals surface area contributed by atoms with Crippen molar-refractivity contribution in [3.63, 3.8) is 0 Å². The highest BCUT2D eigenvalue weighted by Gasteiger charge is 2.29. The molecule has 0 spiro atoms. The minimum Gasteiger partial charge on any atom is -0.299 e. The van der Waals surface area contributed by atoms with Crippen molar-refractivity contribution in [3.05, 3.63) is 30.1 Å². The highest BCUT2D eigenvalue weighted by Crippen LogP contribution is 2.26. The minimum atomic E-state index is -3.78. The standard InChI is InChI=1S/C13H19FN2O2S/c1-10(16(2)11-7-8-11)9-15-19(17,18)13-6-4-3-5-12(13)14/h3-6,10-11,15H,7-9H2,1-2H3. The lowest BCUT2D eigenvalue weighted by atomic mass is 10.3. The van der Waals surface area contributed by atoms with Gasteiger partial charge in [-0.15, -0.1) is 0 Å². The quantitative estimate of drug-likeness (QED) is 0.864. The van der Waals surface area contributed by atoms with Crippen molar-refractivity contribution in [1.29, 1.82) is 0 Å². The third-order valence-electron chi connectivity index (χ3n) is 3.51. The van der Waals surface area contributed by atoms with Crippen LogP contribution in [0.15, 0.2) is 29.2 Å². The zero-order chi connectivity index (χ0) is 14.0. The van der Waals surface area contributed by atoms with E-state index in [1.54, 1.807) is 0 Å². The molecule has 0 amide bonds. The van der Waals surface area contributed by atoms with Crippen molar-refractivity contribution in [2.45, 2.75) is 36.7 Å². The van der Waals surface area contributed by atoms with Crippen molar-refractivity contribution in [2.75, 3.05) is 13.6 Å². The molecular formula is C13H19FN2O2S. The SMILES string of the molecule is CC(CNS(=O)(=O)c1ccccc1F)N(C)C1CC1. The molecule has 0 bridgehead atoms. The van der Waals surface area contributed by atoms with Crippen LogP contribution in [0.1, 0.15) is 19.8 Å². The number of likely N-dealkylation sites (N-methyl/N-ethyl adjacent to an activating group) is 1. The van der Waals surface area contributed by atoms with Gasteiger partial charge in [0, 0.05) is 18.6 Å². The molecule has 1 unspecified atom stereocenters. The van der Waals surface area contributed by atoms with Gasteiger partial charge >= 0.3 is 0 Å². The van der Waals surface area contributed by atoms with Crippen LogP contribution in [0.3, 0.4) is 0 Å². The van der Waals surface area contributed by atoms with E-state index in [4.69, 9.17) is 0 Å². The molecule has 0 saturated heterocycles. The van der Waals surface area contributed by atoms with E-state index in [0.717, 1.165) is 6.07 Å². The summed E-state index contributed by atoms with van der Waals surface area (Å²) in [6, 6.07) is 6.05. The molecule has 2 rings (SSSR count). The van der Waals surface area contributed by atoms with Gasteiger partial charge in [0.2, 0.25) is 10.0 Å². The van der Waals surface area contributed by atoms with Crippen molar-refractivity contribution >= 4 is 10.0 Å². The molecule has 0 heterocycles. The van der Waals surface area contributed by atoms with Crippen molar-refractivity contribution in [1.82, 2.24) is 9.62 Å². The summed E-state index contributed by atoms with van der Waals surface area (Å²) in [5, 5.41) is 0. The van der Waals surface area contributed by atoms with Gasteiger partial charge in [-0.1, -0.05) is 12.1 Å². The molecule has 0 radical (unpaired) electrons. The molecule has 0 aliphatic heterocycles. The van der Waals surface area contributed by atoms with Crippen molar-refractivity contribution < 1.29 is 12.8 Å². The molecule has 1 aromatic rings. The predicted octanol–water partition coefficient (Wildman–Crippen LogP) is 1.59. The fourth-order valence-corrected chi connectivity index (χ4v) is 3.16. The molecule has 1 aromatic carbocycles. The molecule has 1 atom stereocenters. The molecular weight excluding hydrogens is 267 g/mol. The van der Waals surface area contributed by atoms with E-state index in [1.165, 1.54) is 31.0 Å². The summed E-state index contributed by atoms with van der Waals surface area (Å²) in [5.41, 5.74) is 0. The lowest BCUT2D eigenvalue weighted by Crippen LogP contribution is -2.41. The first-order chi connectivity index (χ1) is 8.92. The fourth-order valence-electron chi connectivity index (χ4n) is 1.96. The summed E-state index contributed by atoms with van der Waals surface area (Å²) in [5.74, 6) is -0.724. The maximum Gasteiger partial charge on any atom is 0.243 e. The molecule has 0 aromatic heterocycles. The van der Waals surface area contributed by atoms with E-state index in [9.17, 15) is 12.8 Å². The second kappa shape index (κ2) is 5.56. The summed E-state index contributed by atoms with van der Waals surface area (Å²) < 4.78 is 39.9. The molecule has 1 fully saturated rings. The van der Waals surface area contributed by atoms with E-state index < -0.39 is 15.8 Å². The molecule has 4 nitrogen and oxygen atoms in total. The Morgan fingerprint density at radius 3 is 2.63 bits per heavy atom. The van der Waals surface area contributed by atoms with Gasteiger partial charge in [0.15, 0.2) is 0 Å². The zero-order valence-electron chi connectivity index (χ0n) is 11.1. The average Bonchev–Trinajstić information content (AvgIpc) is 3.19. The van der Waals surface area contributed by atoms with Crippen LogP contribution in [0.5, 0.6) is 0 Å². The number of sulfonamides is 1. The Kier molecular flexibility index (Phi) is 4.23. The lowest BCUT2D eigenvalue weighted by molar-refractivity contribution is 0.248. The van der Waals surface area contributed by atoms with Gasteiger partial charge in [0.1, 0.15) is 10.7 Å². The van der Waals surface area contributed by atoms with Crippen LogP contribution in [0.25, 0.3) is 0 Å². The topological polar surface area (TPSA) is 49.4 Å². The third-order valence-corrected chi connectivity index (χ3v) is 4.97. The second-order valence-electron chi connectivity index (χ2n) is 5.03. The van der Waals surface area contributed by atoms with Gasteiger partial charge in [-0.25, -0.2) is 17.5 Å². The van der Waals surface area contributed by atoms with Gasteiger partial charge in [0.25, 0.3) is 0 Å². The second-order valence-corrected chi connectivity index (χ2v) is 6.76. The number of benzene rings is 1. The summed E-state index contributed by atoms with van der Waals surface area (Å²) in [6.45, 7) is 2.24. The largest absolute Gasteiger partial charge is 0.299 e. The predicted molar refractivity (Wildman–Crippen MR) is 71.8 cm³/mol. The summed E-state index contributed by atoms with van der Waals surface area (Å²) in [7, 11) is -1.79. The minimum absolute atomic E-state index is 0.0917. The van der Waals surface area contributed by atoms with Crippen LogP contribution >= 0.6 is 0 Å². The first-order valence-corrected chi connectivity index (χ1v) is 7.86. The first kappa shape index (κ1) is 14.4.